The summed E-state index contributed by atoms with van der Waals surface area (Å²) in [5, 5.41) is 2.81. The van der Waals surface area contributed by atoms with Crippen LogP contribution in [0.1, 0.15) is 22.6 Å². The van der Waals surface area contributed by atoms with Crippen molar-refractivity contribution in [2.24, 2.45) is 0 Å². The molecule has 1 fully saturated rings. The molecule has 0 bridgehead atoms. The molecule has 0 unspecified atom stereocenters. The van der Waals surface area contributed by atoms with Gasteiger partial charge in [0.1, 0.15) is 4.90 Å². The first kappa shape index (κ1) is 17.8. The molecular weight excluding hydrogens is 358 g/mol. The Morgan fingerprint density at radius 3 is 2.36 bits per heavy atom. The number of anilines is 2. The van der Waals surface area contributed by atoms with Crippen molar-refractivity contribution < 1.29 is 13.2 Å². The molecule has 134 valence electrons. The van der Waals surface area contributed by atoms with E-state index >= 15 is 0 Å². The van der Waals surface area contributed by atoms with Crippen LogP contribution in [-0.2, 0) is 10.0 Å². The summed E-state index contributed by atoms with van der Waals surface area (Å²) in [6.07, 6.45) is 2.00. The van der Waals surface area contributed by atoms with Crippen LogP contribution in [0.5, 0.6) is 0 Å². The summed E-state index contributed by atoms with van der Waals surface area (Å²) in [6.45, 7) is 5.12. The molecule has 2 amide bonds. The summed E-state index contributed by atoms with van der Waals surface area (Å²) in [5.74, 6) is 0. The quantitative estimate of drug-likeness (QED) is 0.848. The first-order chi connectivity index (χ1) is 11.9. The van der Waals surface area contributed by atoms with Crippen LogP contribution in [0.15, 0.2) is 35.2 Å². The predicted molar refractivity (Wildman–Crippen MR) is 101 cm³/mol. The van der Waals surface area contributed by atoms with E-state index in [0.717, 1.165) is 35.7 Å². The van der Waals surface area contributed by atoms with Crippen molar-refractivity contribution in [3.8, 4) is 0 Å². The number of nitrogens with one attached hydrogen (secondary N) is 2. The van der Waals surface area contributed by atoms with E-state index in [9.17, 15) is 13.2 Å². The first-order valence-electron chi connectivity index (χ1n) is 8.11. The molecule has 0 radical (unpaired) electrons. The number of benzene rings is 1. The Hall–Kier alpha value is -2.06. The number of thiophene rings is 1. The van der Waals surface area contributed by atoms with Crippen LogP contribution < -0.4 is 10.0 Å². The molecule has 1 aromatic carbocycles. The number of likely N-dealkylation sites (tertiary alicyclic amines) is 1. The minimum atomic E-state index is -3.70. The van der Waals surface area contributed by atoms with Crippen LogP contribution in [0, 0.1) is 13.8 Å². The minimum absolute atomic E-state index is 0.202. The normalized spacial score (nSPS) is 14.6. The predicted octanol–water partition coefficient (Wildman–Crippen LogP) is 3.79. The van der Waals surface area contributed by atoms with Crippen molar-refractivity contribution >= 4 is 38.8 Å². The number of carbonyl (C=O) groups is 1. The SMILES string of the molecule is Cc1cc(S(=O)(=O)Nc2ccccc2NC(=O)N2CCCC2)c(C)s1. The molecule has 6 nitrogen and oxygen atoms in total. The van der Waals surface area contributed by atoms with E-state index in [1.165, 1.54) is 11.3 Å². The van der Waals surface area contributed by atoms with Gasteiger partial charge in [-0.25, -0.2) is 13.2 Å². The maximum absolute atomic E-state index is 12.7. The molecule has 0 aliphatic carbocycles. The van der Waals surface area contributed by atoms with Gasteiger partial charge in [0.25, 0.3) is 10.0 Å². The highest BCUT2D eigenvalue weighted by molar-refractivity contribution is 7.93. The monoisotopic (exact) mass is 379 g/mol. The number of sulfonamides is 1. The highest BCUT2D eigenvalue weighted by atomic mass is 32.2. The van der Waals surface area contributed by atoms with E-state index < -0.39 is 10.0 Å². The Balaban J connectivity index is 1.83. The molecule has 1 aromatic heterocycles. The van der Waals surface area contributed by atoms with Crippen molar-refractivity contribution in [2.45, 2.75) is 31.6 Å². The second kappa shape index (κ2) is 7.05. The van der Waals surface area contributed by atoms with Gasteiger partial charge in [0.15, 0.2) is 0 Å². The fraction of sp³-hybridized carbons (Fsp3) is 0.353. The zero-order chi connectivity index (χ0) is 18.0. The fourth-order valence-electron chi connectivity index (χ4n) is 2.87. The standard InChI is InChI=1S/C17H21N3O3S2/c1-12-11-16(13(2)24-12)25(22,23)19-15-8-4-3-7-14(15)18-17(21)20-9-5-6-10-20/h3-4,7-8,11,19H,5-6,9-10H2,1-2H3,(H,18,21). The van der Waals surface area contributed by atoms with Crippen LogP contribution in [0.4, 0.5) is 16.2 Å². The van der Waals surface area contributed by atoms with E-state index in [1.807, 2.05) is 6.92 Å². The molecular formula is C17H21N3O3S2. The Morgan fingerprint density at radius 1 is 1.12 bits per heavy atom. The number of hydrogen-bond acceptors (Lipinski definition) is 4. The topological polar surface area (TPSA) is 78.5 Å². The Morgan fingerprint density at radius 2 is 1.76 bits per heavy atom. The van der Waals surface area contributed by atoms with Crippen molar-refractivity contribution in [3.63, 3.8) is 0 Å². The molecule has 0 atom stereocenters. The van der Waals surface area contributed by atoms with Gasteiger partial charge in [0, 0.05) is 22.8 Å². The molecule has 1 aliphatic rings. The lowest BCUT2D eigenvalue weighted by atomic mass is 10.3. The van der Waals surface area contributed by atoms with E-state index in [0.29, 0.717) is 11.4 Å². The number of amides is 2. The number of hydrogen-bond donors (Lipinski definition) is 2. The molecule has 8 heteroatoms. The van der Waals surface area contributed by atoms with Crippen LogP contribution in [-0.4, -0.2) is 32.4 Å². The lowest BCUT2D eigenvalue weighted by molar-refractivity contribution is 0.222. The molecule has 2 N–H and O–H groups in total. The molecule has 2 aromatic rings. The summed E-state index contributed by atoms with van der Waals surface area (Å²) < 4.78 is 28.0. The summed E-state index contributed by atoms with van der Waals surface area (Å²) in [6, 6.07) is 8.29. The van der Waals surface area contributed by atoms with Crippen molar-refractivity contribution in [2.75, 3.05) is 23.1 Å². The number of para-hydroxylation sites is 2. The van der Waals surface area contributed by atoms with Crippen LogP contribution in [0.3, 0.4) is 0 Å². The third-order valence-corrected chi connectivity index (χ3v) is 6.68. The zero-order valence-corrected chi connectivity index (χ0v) is 15.8. The fourth-order valence-corrected chi connectivity index (χ4v) is 5.51. The lowest BCUT2D eigenvalue weighted by Crippen LogP contribution is -2.32. The van der Waals surface area contributed by atoms with Gasteiger partial charge in [-0.3, -0.25) is 4.72 Å². The van der Waals surface area contributed by atoms with Crippen LogP contribution >= 0.6 is 11.3 Å². The highest BCUT2D eigenvalue weighted by Gasteiger charge is 2.22. The van der Waals surface area contributed by atoms with E-state index in [4.69, 9.17) is 0 Å². The summed E-state index contributed by atoms with van der Waals surface area (Å²) in [7, 11) is -3.70. The van der Waals surface area contributed by atoms with Crippen molar-refractivity contribution in [1.29, 1.82) is 0 Å². The Labute approximate surface area is 151 Å². The second-order valence-electron chi connectivity index (χ2n) is 6.05. The van der Waals surface area contributed by atoms with Gasteiger partial charge in [0.2, 0.25) is 0 Å². The number of urea groups is 1. The number of aryl methyl sites for hydroxylation is 2. The first-order valence-corrected chi connectivity index (χ1v) is 10.4. The van der Waals surface area contributed by atoms with Gasteiger partial charge < -0.3 is 10.2 Å². The number of carbonyl (C=O) groups excluding carboxylic acids is 1. The van der Waals surface area contributed by atoms with Gasteiger partial charge in [0.05, 0.1) is 11.4 Å². The minimum Gasteiger partial charge on any atom is -0.325 e. The summed E-state index contributed by atoms with van der Waals surface area (Å²) >= 11 is 1.44. The molecule has 1 saturated heterocycles. The van der Waals surface area contributed by atoms with Gasteiger partial charge >= 0.3 is 6.03 Å². The van der Waals surface area contributed by atoms with Crippen LogP contribution in [0.2, 0.25) is 0 Å². The molecule has 1 aliphatic heterocycles. The van der Waals surface area contributed by atoms with E-state index in [1.54, 1.807) is 42.2 Å². The van der Waals surface area contributed by atoms with Gasteiger partial charge in [-0.05, 0) is 44.9 Å². The maximum atomic E-state index is 12.7. The van der Waals surface area contributed by atoms with Crippen molar-refractivity contribution in [3.05, 3.63) is 40.1 Å². The smallest absolute Gasteiger partial charge is 0.321 e. The maximum Gasteiger partial charge on any atom is 0.321 e. The molecule has 3 rings (SSSR count). The number of rotatable bonds is 4. The Bertz CT molecular complexity index is 884. The molecule has 0 spiro atoms. The largest absolute Gasteiger partial charge is 0.325 e. The van der Waals surface area contributed by atoms with Crippen LogP contribution in [0.25, 0.3) is 0 Å². The molecule has 0 saturated carbocycles. The third kappa shape index (κ3) is 3.96. The van der Waals surface area contributed by atoms with Crippen molar-refractivity contribution in [1.82, 2.24) is 4.90 Å². The lowest BCUT2D eigenvalue weighted by Gasteiger charge is -2.18. The third-order valence-electron chi connectivity index (χ3n) is 4.09. The molecule has 25 heavy (non-hydrogen) atoms. The van der Waals surface area contributed by atoms with Gasteiger partial charge in [-0.2, -0.15) is 0 Å². The van der Waals surface area contributed by atoms with Gasteiger partial charge in [-0.15, -0.1) is 11.3 Å². The highest BCUT2D eigenvalue weighted by Crippen LogP contribution is 2.29. The van der Waals surface area contributed by atoms with E-state index in [2.05, 4.69) is 10.0 Å². The Kier molecular flexibility index (Phi) is 5.01. The average molecular weight is 380 g/mol. The summed E-state index contributed by atoms with van der Waals surface area (Å²) in [5.41, 5.74) is 0.811. The molecule has 2 heterocycles. The number of nitrogens with zero attached hydrogens (tertiary/aromatic N) is 1. The second-order valence-corrected chi connectivity index (χ2v) is 9.16. The summed E-state index contributed by atoms with van der Waals surface area (Å²) in [4.78, 5) is 16.0. The zero-order valence-electron chi connectivity index (χ0n) is 14.2. The van der Waals surface area contributed by atoms with E-state index in [-0.39, 0.29) is 10.9 Å². The average Bonchev–Trinajstić information content (AvgIpc) is 3.19. The van der Waals surface area contributed by atoms with Gasteiger partial charge in [-0.1, -0.05) is 12.1 Å².